The van der Waals surface area contributed by atoms with E-state index >= 15 is 0 Å². The van der Waals surface area contributed by atoms with E-state index in [0.717, 1.165) is 35.1 Å². The van der Waals surface area contributed by atoms with Crippen LogP contribution in [-0.2, 0) is 14.3 Å². The third-order valence-electron chi connectivity index (χ3n) is 6.92. The van der Waals surface area contributed by atoms with Gasteiger partial charge >= 0.3 is 12.1 Å². The maximum atomic E-state index is 13.2. The van der Waals surface area contributed by atoms with Gasteiger partial charge in [-0.1, -0.05) is 54.6 Å². The first-order valence-corrected chi connectivity index (χ1v) is 12.5. The number of hydrogen-bond acceptors (Lipinski definition) is 5. The number of hydrogen-bond donors (Lipinski definition) is 3. The van der Waals surface area contributed by atoms with Crippen LogP contribution in [0.5, 0.6) is 0 Å². The molecule has 0 spiro atoms. The second-order valence-electron chi connectivity index (χ2n) is 9.19. The Bertz CT molecular complexity index is 1220. The van der Waals surface area contributed by atoms with Crippen molar-refractivity contribution in [2.45, 2.75) is 37.3 Å². The molecule has 0 radical (unpaired) electrons. The molecule has 0 saturated heterocycles. The molecule has 2 aromatic carbocycles. The predicted octanol–water partition coefficient (Wildman–Crippen LogP) is 4.70. The molecule has 0 aliphatic heterocycles. The summed E-state index contributed by atoms with van der Waals surface area (Å²) in [5.41, 5.74) is 3.06. The Hall–Kier alpha value is -3.65. The van der Waals surface area contributed by atoms with Crippen molar-refractivity contribution in [3.05, 3.63) is 82.0 Å². The highest BCUT2D eigenvalue weighted by Gasteiger charge is 2.49. The largest absolute Gasteiger partial charge is 0.480 e. The minimum absolute atomic E-state index is 0.104. The Morgan fingerprint density at radius 2 is 1.66 bits per heavy atom. The van der Waals surface area contributed by atoms with Crippen molar-refractivity contribution in [2.75, 3.05) is 6.61 Å². The van der Waals surface area contributed by atoms with Gasteiger partial charge in [-0.3, -0.25) is 4.79 Å². The molecule has 7 nitrogen and oxygen atoms in total. The maximum Gasteiger partial charge on any atom is 0.408 e. The summed E-state index contributed by atoms with van der Waals surface area (Å²) in [4.78, 5) is 38.5. The number of thiophene rings is 1. The minimum atomic E-state index is -1.38. The van der Waals surface area contributed by atoms with Crippen molar-refractivity contribution in [1.29, 1.82) is 0 Å². The summed E-state index contributed by atoms with van der Waals surface area (Å²) in [6, 6.07) is 18.6. The number of amides is 2. The Labute approximate surface area is 207 Å². The molecule has 1 fully saturated rings. The van der Waals surface area contributed by atoms with E-state index in [9.17, 15) is 19.5 Å². The normalized spacial score (nSPS) is 16.9. The molecule has 3 N–H and O–H groups in total. The van der Waals surface area contributed by atoms with Crippen molar-refractivity contribution >= 4 is 29.3 Å². The van der Waals surface area contributed by atoms with E-state index in [-0.39, 0.29) is 18.4 Å². The van der Waals surface area contributed by atoms with Gasteiger partial charge in [-0.2, -0.15) is 0 Å². The van der Waals surface area contributed by atoms with Gasteiger partial charge in [0.2, 0.25) is 5.91 Å². The summed E-state index contributed by atoms with van der Waals surface area (Å²) in [7, 11) is 0. The molecule has 1 aromatic heterocycles. The van der Waals surface area contributed by atoms with Crippen LogP contribution in [0.3, 0.4) is 0 Å². The van der Waals surface area contributed by atoms with Gasteiger partial charge in [0.1, 0.15) is 18.2 Å². The zero-order chi connectivity index (χ0) is 24.6. The predicted molar refractivity (Wildman–Crippen MR) is 132 cm³/mol. The fourth-order valence-corrected chi connectivity index (χ4v) is 5.57. The zero-order valence-electron chi connectivity index (χ0n) is 19.2. The minimum Gasteiger partial charge on any atom is -0.480 e. The monoisotopic (exact) mass is 490 g/mol. The zero-order valence-corrected chi connectivity index (χ0v) is 20.0. The van der Waals surface area contributed by atoms with Gasteiger partial charge in [-0.15, -0.1) is 11.3 Å². The van der Waals surface area contributed by atoms with Gasteiger partial charge in [-0.25, -0.2) is 9.59 Å². The molecule has 8 heteroatoms. The molecule has 2 amide bonds. The van der Waals surface area contributed by atoms with Crippen molar-refractivity contribution in [1.82, 2.24) is 10.6 Å². The molecular weight excluding hydrogens is 464 g/mol. The molecular formula is C27H26N2O5S. The van der Waals surface area contributed by atoms with Gasteiger partial charge in [0.15, 0.2) is 0 Å². The molecule has 2 aliphatic rings. The lowest BCUT2D eigenvalue weighted by atomic mass is 9.95. The van der Waals surface area contributed by atoms with E-state index in [1.165, 1.54) is 18.3 Å². The van der Waals surface area contributed by atoms with Crippen LogP contribution in [0.15, 0.2) is 66.0 Å². The third kappa shape index (κ3) is 4.41. The van der Waals surface area contributed by atoms with E-state index in [0.29, 0.717) is 4.88 Å². The highest BCUT2D eigenvalue weighted by molar-refractivity contribution is 7.10. The first kappa shape index (κ1) is 23.1. The number of carbonyl (C=O) groups excluding carboxylic acids is 2. The number of carboxylic acids is 1. The van der Waals surface area contributed by atoms with E-state index in [1.807, 2.05) is 36.4 Å². The van der Waals surface area contributed by atoms with Crippen molar-refractivity contribution < 1.29 is 24.2 Å². The molecule has 2 unspecified atom stereocenters. The quantitative estimate of drug-likeness (QED) is 0.425. The fraction of sp³-hybridized carbons (Fsp3) is 0.296. The van der Waals surface area contributed by atoms with Crippen molar-refractivity contribution in [3.63, 3.8) is 0 Å². The number of fused-ring (bicyclic) bond motifs is 3. The smallest absolute Gasteiger partial charge is 0.408 e. The molecule has 2 aliphatic carbocycles. The fourth-order valence-electron chi connectivity index (χ4n) is 4.80. The topological polar surface area (TPSA) is 105 Å². The molecule has 5 rings (SSSR count). The van der Waals surface area contributed by atoms with Crippen molar-refractivity contribution in [3.8, 4) is 11.1 Å². The van der Waals surface area contributed by atoms with E-state index in [2.05, 4.69) is 22.8 Å². The van der Waals surface area contributed by atoms with E-state index < -0.39 is 29.6 Å². The number of carboxylic acid groups (broad SMARTS) is 1. The number of rotatable bonds is 8. The van der Waals surface area contributed by atoms with E-state index in [4.69, 9.17) is 4.74 Å². The Morgan fingerprint density at radius 3 is 2.20 bits per heavy atom. The Morgan fingerprint density at radius 1 is 1.03 bits per heavy atom. The molecule has 35 heavy (non-hydrogen) atoms. The molecule has 1 heterocycles. The first-order chi connectivity index (χ1) is 16.9. The van der Waals surface area contributed by atoms with Crippen LogP contribution in [-0.4, -0.2) is 35.2 Å². The number of ether oxygens (including phenoxy) is 1. The molecule has 2 atom stereocenters. The molecule has 1 saturated carbocycles. The van der Waals surface area contributed by atoms with Crippen molar-refractivity contribution in [2.24, 2.45) is 5.92 Å². The highest BCUT2D eigenvalue weighted by atomic mass is 32.1. The number of carbonyl (C=O) groups is 3. The van der Waals surface area contributed by atoms with Gasteiger partial charge in [-0.05, 0) is 59.4 Å². The van der Waals surface area contributed by atoms with Crippen LogP contribution < -0.4 is 10.6 Å². The Kier molecular flexibility index (Phi) is 6.06. The summed E-state index contributed by atoms with van der Waals surface area (Å²) in [5.74, 6) is -1.88. The average Bonchev–Trinajstić information content (AvgIpc) is 3.49. The van der Waals surface area contributed by atoms with E-state index in [1.54, 1.807) is 17.5 Å². The van der Waals surface area contributed by atoms with Crippen LogP contribution in [0, 0.1) is 5.92 Å². The molecule has 0 bridgehead atoms. The summed E-state index contributed by atoms with van der Waals surface area (Å²) in [5, 5.41) is 16.9. The van der Waals surface area contributed by atoms with Gasteiger partial charge < -0.3 is 20.5 Å². The Balaban J connectivity index is 1.30. The molecule has 3 aromatic rings. The van der Waals surface area contributed by atoms with Gasteiger partial charge in [0, 0.05) is 10.8 Å². The number of nitrogens with one attached hydrogen (secondary N) is 2. The summed E-state index contributed by atoms with van der Waals surface area (Å²) in [6.07, 6.45) is 0.753. The van der Waals surface area contributed by atoms with Gasteiger partial charge in [0.25, 0.3) is 0 Å². The standard InChI is InChI=1S/C27H26N2O5S/c1-27(25(31)32,16-12-13-16)29-24(30)23(22-11-6-14-35-22)28-26(33)34-15-21-19-9-4-2-7-17(19)18-8-3-5-10-20(18)21/h2-11,14,16,21,23H,12-13,15H2,1H3,(H,28,33)(H,29,30)(H,31,32). The van der Waals surface area contributed by atoms with Crippen LogP contribution >= 0.6 is 11.3 Å². The maximum absolute atomic E-state index is 13.2. The summed E-state index contributed by atoms with van der Waals surface area (Å²) < 4.78 is 5.61. The summed E-state index contributed by atoms with van der Waals surface area (Å²) in [6.45, 7) is 1.64. The SMILES string of the molecule is CC(NC(=O)C(NC(=O)OCC1c2ccccc2-c2ccccc21)c1cccs1)(C(=O)O)C1CC1. The van der Waals surface area contributed by atoms with Crippen LogP contribution in [0.2, 0.25) is 0 Å². The molecule has 180 valence electrons. The average molecular weight is 491 g/mol. The van der Waals surface area contributed by atoms with Crippen LogP contribution in [0.25, 0.3) is 11.1 Å². The number of aliphatic carboxylic acids is 1. The summed E-state index contributed by atoms with van der Waals surface area (Å²) >= 11 is 1.31. The first-order valence-electron chi connectivity index (χ1n) is 11.6. The van der Waals surface area contributed by atoms with Gasteiger partial charge in [0.05, 0.1) is 0 Å². The second kappa shape index (κ2) is 9.19. The second-order valence-corrected chi connectivity index (χ2v) is 10.2. The number of benzene rings is 2. The third-order valence-corrected chi connectivity index (χ3v) is 7.85. The number of alkyl carbamates (subject to hydrolysis) is 1. The van der Waals surface area contributed by atoms with Crippen LogP contribution in [0.1, 0.15) is 47.7 Å². The highest BCUT2D eigenvalue weighted by Crippen LogP contribution is 2.44. The lowest BCUT2D eigenvalue weighted by Gasteiger charge is -2.28. The lowest BCUT2D eigenvalue weighted by molar-refractivity contribution is -0.148. The lowest BCUT2D eigenvalue weighted by Crippen LogP contribution is -2.56. The van der Waals surface area contributed by atoms with Crippen LogP contribution in [0.4, 0.5) is 4.79 Å².